The van der Waals surface area contributed by atoms with Crippen molar-refractivity contribution in [2.75, 3.05) is 18.4 Å². The van der Waals surface area contributed by atoms with Gasteiger partial charge in [-0.25, -0.2) is 0 Å². The molecule has 0 N–H and O–H groups in total. The van der Waals surface area contributed by atoms with Crippen molar-refractivity contribution in [1.82, 2.24) is 4.90 Å². The lowest BCUT2D eigenvalue weighted by atomic mass is 9.98. The van der Waals surface area contributed by atoms with E-state index in [1.807, 2.05) is 4.90 Å². The number of rotatable bonds is 2. The molecular weight excluding hydrogens is 337 g/mol. The fourth-order valence-corrected chi connectivity index (χ4v) is 3.26. The number of nitrogens with zero attached hydrogens (tertiary/aromatic N) is 1. The lowest BCUT2D eigenvalue weighted by Crippen LogP contribution is -2.38. The predicted octanol–water partition coefficient (Wildman–Crippen LogP) is 4.24. The molecule has 1 aliphatic heterocycles. The quantitative estimate of drug-likeness (QED) is 0.730. The standard InChI is InChI=1S/C13H14BrCl2NO/c14-8-9-3-5-17(6-4-9)13(18)11-2-1-10(15)7-12(11)16/h1-2,7,9H,3-6,8H2. The zero-order chi connectivity index (χ0) is 13.1. The average molecular weight is 351 g/mol. The van der Waals surface area contributed by atoms with Gasteiger partial charge in [-0.2, -0.15) is 0 Å². The third-order valence-corrected chi connectivity index (χ3v) is 4.74. The van der Waals surface area contributed by atoms with Crippen LogP contribution in [0.25, 0.3) is 0 Å². The van der Waals surface area contributed by atoms with Crippen LogP contribution in [0.5, 0.6) is 0 Å². The van der Waals surface area contributed by atoms with E-state index in [1.165, 1.54) is 0 Å². The van der Waals surface area contributed by atoms with Gasteiger partial charge in [0.05, 0.1) is 10.6 Å². The van der Waals surface area contributed by atoms with Crippen molar-refractivity contribution < 1.29 is 4.79 Å². The van der Waals surface area contributed by atoms with E-state index in [9.17, 15) is 4.79 Å². The van der Waals surface area contributed by atoms with Gasteiger partial charge in [0.25, 0.3) is 5.91 Å². The average Bonchev–Trinajstić information content (AvgIpc) is 2.38. The maximum absolute atomic E-state index is 12.3. The number of benzene rings is 1. The van der Waals surface area contributed by atoms with E-state index >= 15 is 0 Å². The summed E-state index contributed by atoms with van der Waals surface area (Å²) in [6, 6.07) is 5.01. The summed E-state index contributed by atoms with van der Waals surface area (Å²) in [7, 11) is 0. The number of carbonyl (C=O) groups excluding carboxylic acids is 1. The number of carbonyl (C=O) groups is 1. The van der Waals surface area contributed by atoms with Crippen molar-refractivity contribution in [3.8, 4) is 0 Å². The highest BCUT2D eigenvalue weighted by atomic mass is 79.9. The zero-order valence-corrected chi connectivity index (χ0v) is 12.9. The Hall–Kier alpha value is -0.250. The molecule has 18 heavy (non-hydrogen) atoms. The van der Waals surface area contributed by atoms with Crippen LogP contribution in [0.4, 0.5) is 0 Å². The van der Waals surface area contributed by atoms with E-state index in [1.54, 1.807) is 18.2 Å². The van der Waals surface area contributed by atoms with Crippen LogP contribution in [-0.2, 0) is 0 Å². The summed E-state index contributed by atoms with van der Waals surface area (Å²) in [4.78, 5) is 14.2. The summed E-state index contributed by atoms with van der Waals surface area (Å²) in [5, 5.41) is 1.99. The van der Waals surface area contributed by atoms with E-state index < -0.39 is 0 Å². The number of amides is 1. The molecule has 5 heteroatoms. The van der Waals surface area contributed by atoms with Gasteiger partial charge >= 0.3 is 0 Å². The molecule has 0 radical (unpaired) electrons. The Bertz CT molecular complexity index is 445. The molecule has 1 amide bonds. The van der Waals surface area contributed by atoms with Gasteiger partial charge in [0.1, 0.15) is 0 Å². The molecule has 0 aromatic heterocycles. The van der Waals surface area contributed by atoms with Crippen molar-refractivity contribution in [3.63, 3.8) is 0 Å². The second-order valence-electron chi connectivity index (χ2n) is 4.51. The highest BCUT2D eigenvalue weighted by Crippen LogP contribution is 2.25. The predicted molar refractivity (Wildman–Crippen MR) is 78.9 cm³/mol. The zero-order valence-electron chi connectivity index (χ0n) is 9.83. The second-order valence-corrected chi connectivity index (χ2v) is 6.01. The summed E-state index contributed by atoms with van der Waals surface area (Å²) >= 11 is 15.4. The molecule has 98 valence electrons. The topological polar surface area (TPSA) is 20.3 Å². The number of likely N-dealkylation sites (tertiary alicyclic amines) is 1. The SMILES string of the molecule is O=C(c1ccc(Cl)cc1Cl)N1CCC(CBr)CC1. The van der Waals surface area contributed by atoms with E-state index in [4.69, 9.17) is 23.2 Å². The van der Waals surface area contributed by atoms with E-state index in [2.05, 4.69) is 15.9 Å². The van der Waals surface area contributed by atoms with Gasteiger partial charge in [-0.05, 0) is 37.0 Å². The Kier molecular flexibility index (Phi) is 4.93. The van der Waals surface area contributed by atoms with E-state index in [0.717, 1.165) is 31.3 Å². The maximum atomic E-state index is 12.3. The first-order valence-electron chi connectivity index (χ1n) is 5.92. The summed E-state index contributed by atoms with van der Waals surface area (Å²) in [5.41, 5.74) is 0.540. The van der Waals surface area contributed by atoms with Crippen LogP contribution >= 0.6 is 39.1 Å². The van der Waals surface area contributed by atoms with Crippen molar-refractivity contribution in [2.45, 2.75) is 12.8 Å². The molecule has 0 saturated carbocycles. The van der Waals surface area contributed by atoms with Crippen LogP contribution in [0.15, 0.2) is 18.2 Å². The lowest BCUT2D eigenvalue weighted by Gasteiger charge is -2.31. The van der Waals surface area contributed by atoms with Crippen LogP contribution in [0.1, 0.15) is 23.2 Å². The highest BCUT2D eigenvalue weighted by Gasteiger charge is 2.24. The monoisotopic (exact) mass is 349 g/mol. The second kappa shape index (κ2) is 6.27. The number of halogens is 3. The molecule has 0 atom stereocenters. The number of alkyl halides is 1. The summed E-state index contributed by atoms with van der Waals surface area (Å²) in [6.45, 7) is 1.60. The van der Waals surface area contributed by atoms with Crippen LogP contribution < -0.4 is 0 Å². The molecule has 0 unspecified atom stereocenters. The Morgan fingerprint density at radius 3 is 2.56 bits per heavy atom. The van der Waals surface area contributed by atoms with E-state index in [-0.39, 0.29) is 5.91 Å². The van der Waals surface area contributed by atoms with Gasteiger partial charge < -0.3 is 4.90 Å². The first kappa shape index (κ1) is 14.2. The fourth-order valence-electron chi connectivity index (χ4n) is 2.12. The molecule has 2 rings (SSSR count). The van der Waals surface area contributed by atoms with Crippen molar-refractivity contribution >= 4 is 45.0 Å². The van der Waals surface area contributed by atoms with Crippen LogP contribution in [0, 0.1) is 5.92 Å². The normalized spacial score (nSPS) is 16.9. The summed E-state index contributed by atoms with van der Waals surface area (Å²) < 4.78 is 0. The fraction of sp³-hybridized carbons (Fsp3) is 0.462. The van der Waals surface area contributed by atoms with Crippen molar-refractivity contribution in [1.29, 1.82) is 0 Å². The van der Waals surface area contributed by atoms with Gasteiger partial charge in [-0.1, -0.05) is 39.1 Å². The van der Waals surface area contributed by atoms with Crippen LogP contribution in [0.2, 0.25) is 10.0 Å². The largest absolute Gasteiger partial charge is 0.339 e. The number of hydrogen-bond acceptors (Lipinski definition) is 1. The lowest BCUT2D eigenvalue weighted by molar-refractivity contribution is 0.0699. The number of piperidine rings is 1. The van der Waals surface area contributed by atoms with Crippen molar-refractivity contribution in [3.05, 3.63) is 33.8 Å². The molecule has 1 fully saturated rings. The smallest absolute Gasteiger partial charge is 0.255 e. The van der Waals surface area contributed by atoms with Crippen LogP contribution in [0.3, 0.4) is 0 Å². The van der Waals surface area contributed by atoms with Gasteiger partial charge in [0.15, 0.2) is 0 Å². The highest BCUT2D eigenvalue weighted by molar-refractivity contribution is 9.09. The minimum Gasteiger partial charge on any atom is -0.339 e. The molecule has 1 aliphatic rings. The van der Waals surface area contributed by atoms with Crippen molar-refractivity contribution in [2.24, 2.45) is 5.92 Å². The first-order valence-corrected chi connectivity index (χ1v) is 7.80. The number of hydrogen-bond donors (Lipinski definition) is 0. The van der Waals surface area contributed by atoms with Gasteiger partial charge in [0, 0.05) is 23.4 Å². The third kappa shape index (κ3) is 3.19. The molecule has 1 aromatic rings. The molecule has 0 spiro atoms. The molecular formula is C13H14BrCl2NO. The Balaban J connectivity index is 2.08. The third-order valence-electron chi connectivity index (χ3n) is 3.28. The summed E-state index contributed by atoms with van der Waals surface area (Å²) in [6.07, 6.45) is 2.09. The van der Waals surface area contributed by atoms with Crippen LogP contribution in [-0.4, -0.2) is 29.2 Å². The van der Waals surface area contributed by atoms with Gasteiger partial charge in [0.2, 0.25) is 0 Å². The Morgan fingerprint density at radius 1 is 1.33 bits per heavy atom. The Morgan fingerprint density at radius 2 is 2.00 bits per heavy atom. The molecule has 1 saturated heterocycles. The van der Waals surface area contributed by atoms with Gasteiger partial charge in [-0.3, -0.25) is 4.79 Å². The molecule has 1 heterocycles. The minimum absolute atomic E-state index is 0.00434. The molecule has 2 nitrogen and oxygen atoms in total. The van der Waals surface area contributed by atoms with E-state index in [0.29, 0.717) is 21.5 Å². The summed E-state index contributed by atoms with van der Waals surface area (Å²) in [5.74, 6) is 0.680. The first-order chi connectivity index (χ1) is 8.61. The molecule has 0 bridgehead atoms. The maximum Gasteiger partial charge on any atom is 0.255 e. The molecule has 1 aromatic carbocycles. The Labute approximate surface area is 125 Å². The van der Waals surface area contributed by atoms with Gasteiger partial charge in [-0.15, -0.1) is 0 Å². The molecule has 0 aliphatic carbocycles. The minimum atomic E-state index is 0.00434.